The number of hydrogen-bond acceptors (Lipinski definition) is 6. The van der Waals surface area contributed by atoms with Gasteiger partial charge in [0.05, 0.1) is 4.92 Å². The van der Waals surface area contributed by atoms with Crippen LogP contribution in [0.1, 0.15) is 46.3 Å². The van der Waals surface area contributed by atoms with E-state index in [2.05, 4.69) is 10.1 Å². The molecule has 0 saturated carbocycles. The molecular weight excluding hydrogens is 372 g/mol. The maximum Gasteiger partial charge on any atom is 0.273 e. The van der Waals surface area contributed by atoms with Gasteiger partial charge in [-0.25, -0.2) is 0 Å². The van der Waals surface area contributed by atoms with Crippen molar-refractivity contribution in [2.24, 2.45) is 0 Å². The fraction of sp³-hybridized carbons (Fsp3) is 0.286. The van der Waals surface area contributed by atoms with E-state index in [-0.39, 0.29) is 23.2 Å². The summed E-state index contributed by atoms with van der Waals surface area (Å²) in [7, 11) is 0. The van der Waals surface area contributed by atoms with Crippen molar-refractivity contribution < 1.29 is 14.2 Å². The maximum absolute atomic E-state index is 13.0. The number of amides is 1. The second kappa shape index (κ2) is 7.46. The van der Waals surface area contributed by atoms with E-state index in [0.29, 0.717) is 30.2 Å². The first-order chi connectivity index (χ1) is 13.9. The van der Waals surface area contributed by atoms with Gasteiger partial charge < -0.3 is 9.42 Å². The molecule has 0 radical (unpaired) electrons. The van der Waals surface area contributed by atoms with Crippen LogP contribution in [-0.4, -0.2) is 32.4 Å². The van der Waals surface area contributed by atoms with E-state index in [1.54, 1.807) is 24.0 Å². The highest BCUT2D eigenvalue weighted by Crippen LogP contribution is 2.34. The molecule has 0 N–H and O–H groups in total. The van der Waals surface area contributed by atoms with Gasteiger partial charge in [-0.1, -0.05) is 41.1 Å². The van der Waals surface area contributed by atoms with Crippen LogP contribution >= 0.6 is 0 Å². The van der Waals surface area contributed by atoms with Crippen LogP contribution in [0.4, 0.5) is 5.69 Å². The van der Waals surface area contributed by atoms with Gasteiger partial charge in [0.15, 0.2) is 0 Å². The molecule has 148 valence electrons. The van der Waals surface area contributed by atoms with E-state index < -0.39 is 4.92 Å². The van der Waals surface area contributed by atoms with Gasteiger partial charge in [0.1, 0.15) is 6.04 Å². The lowest BCUT2D eigenvalue weighted by Crippen LogP contribution is -2.30. The van der Waals surface area contributed by atoms with E-state index in [4.69, 9.17) is 4.52 Å². The SMILES string of the molecule is Cc1ccc(-c2noc(C3CCCN3C(=O)c3ccc(C)c([N+](=O)[O-])c3)n2)cc1. The van der Waals surface area contributed by atoms with Crippen LogP contribution in [0.3, 0.4) is 0 Å². The number of nitro benzene ring substituents is 1. The summed E-state index contributed by atoms with van der Waals surface area (Å²) in [4.78, 5) is 29.9. The summed E-state index contributed by atoms with van der Waals surface area (Å²) in [5.41, 5.74) is 2.72. The van der Waals surface area contributed by atoms with Crippen molar-refractivity contribution >= 4 is 11.6 Å². The van der Waals surface area contributed by atoms with E-state index >= 15 is 0 Å². The topological polar surface area (TPSA) is 102 Å². The number of benzene rings is 2. The Morgan fingerprint density at radius 2 is 1.97 bits per heavy atom. The van der Waals surface area contributed by atoms with Crippen molar-refractivity contribution in [1.82, 2.24) is 15.0 Å². The number of aryl methyl sites for hydroxylation is 2. The lowest BCUT2D eigenvalue weighted by molar-refractivity contribution is -0.385. The summed E-state index contributed by atoms with van der Waals surface area (Å²) >= 11 is 0. The van der Waals surface area contributed by atoms with Crippen molar-refractivity contribution in [3.8, 4) is 11.4 Å². The highest BCUT2D eigenvalue weighted by Gasteiger charge is 2.35. The van der Waals surface area contributed by atoms with E-state index in [1.165, 1.54) is 6.07 Å². The smallest absolute Gasteiger partial charge is 0.273 e. The minimum absolute atomic E-state index is 0.0638. The van der Waals surface area contributed by atoms with E-state index in [0.717, 1.165) is 17.5 Å². The average molecular weight is 392 g/mol. The Hall–Kier alpha value is -3.55. The number of carbonyl (C=O) groups is 1. The molecule has 1 amide bonds. The Labute approximate surface area is 167 Å². The van der Waals surface area contributed by atoms with Gasteiger partial charge in [0.2, 0.25) is 11.7 Å². The Kier molecular flexibility index (Phi) is 4.84. The van der Waals surface area contributed by atoms with Crippen molar-refractivity contribution in [3.63, 3.8) is 0 Å². The molecule has 1 atom stereocenters. The van der Waals surface area contributed by atoms with Crippen LogP contribution in [0, 0.1) is 24.0 Å². The van der Waals surface area contributed by atoms with Crippen molar-refractivity contribution in [1.29, 1.82) is 0 Å². The summed E-state index contributed by atoms with van der Waals surface area (Å²) in [5, 5.41) is 15.3. The standard InChI is InChI=1S/C21H20N4O4/c1-13-5-8-15(9-6-13)19-22-20(29-23-19)17-4-3-11-24(17)21(26)16-10-7-14(2)18(12-16)25(27)28/h5-10,12,17H,3-4,11H2,1-2H3. The van der Waals surface area contributed by atoms with Crippen LogP contribution in [0.15, 0.2) is 47.0 Å². The molecule has 0 bridgehead atoms. The van der Waals surface area contributed by atoms with Crippen molar-refractivity contribution in [2.45, 2.75) is 32.7 Å². The first kappa shape index (κ1) is 18.8. The quantitative estimate of drug-likeness (QED) is 0.486. The van der Waals surface area contributed by atoms with Gasteiger partial charge in [-0.2, -0.15) is 4.98 Å². The lowest BCUT2D eigenvalue weighted by atomic mass is 10.1. The van der Waals surface area contributed by atoms with Crippen LogP contribution in [-0.2, 0) is 0 Å². The zero-order valence-corrected chi connectivity index (χ0v) is 16.2. The van der Waals surface area contributed by atoms with Gasteiger partial charge >= 0.3 is 0 Å². The predicted molar refractivity (Wildman–Crippen MR) is 105 cm³/mol. The molecule has 1 unspecified atom stereocenters. The van der Waals surface area contributed by atoms with Gasteiger partial charge in [0, 0.05) is 29.3 Å². The third kappa shape index (κ3) is 3.61. The van der Waals surface area contributed by atoms with Crippen molar-refractivity contribution in [2.75, 3.05) is 6.54 Å². The molecule has 3 aromatic rings. The number of hydrogen-bond donors (Lipinski definition) is 0. The zero-order chi connectivity index (χ0) is 20.5. The minimum Gasteiger partial charge on any atom is -0.337 e. The predicted octanol–water partition coefficient (Wildman–Crippen LogP) is 4.24. The zero-order valence-electron chi connectivity index (χ0n) is 16.2. The molecular formula is C21H20N4O4. The second-order valence-electron chi connectivity index (χ2n) is 7.24. The van der Waals surface area contributed by atoms with Gasteiger partial charge in [-0.15, -0.1) is 0 Å². The third-order valence-electron chi connectivity index (χ3n) is 5.20. The summed E-state index contributed by atoms with van der Waals surface area (Å²) < 4.78 is 5.47. The van der Waals surface area contributed by atoms with Crippen LogP contribution in [0.25, 0.3) is 11.4 Å². The fourth-order valence-electron chi connectivity index (χ4n) is 3.56. The molecule has 0 aliphatic carbocycles. The molecule has 29 heavy (non-hydrogen) atoms. The summed E-state index contributed by atoms with van der Waals surface area (Å²) in [6.45, 7) is 4.19. The molecule has 1 fully saturated rings. The molecule has 8 nitrogen and oxygen atoms in total. The van der Waals surface area contributed by atoms with Crippen molar-refractivity contribution in [3.05, 3.63) is 75.2 Å². The molecule has 1 saturated heterocycles. The number of likely N-dealkylation sites (tertiary alicyclic amines) is 1. The van der Waals surface area contributed by atoms with Gasteiger partial charge in [0.25, 0.3) is 11.6 Å². The normalized spacial score (nSPS) is 16.2. The van der Waals surface area contributed by atoms with Gasteiger partial charge in [-0.05, 0) is 32.8 Å². The molecule has 2 aromatic carbocycles. The summed E-state index contributed by atoms with van der Waals surface area (Å²) in [6, 6.07) is 12.0. The Morgan fingerprint density at radius 1 is 1.21 bits per heavy atom. The highest BCUT2D eigenvalue weighted by molar-refractivity contribution is 5.95. The third-order valence-corrected chi connectivity index (χ3v) is 5.20. The molecule has 8 heteroatoms. The van der Waals surface area contributed by atoms with Crippen LogP contribution in [0.2, 0.25) is 0 Å². The molecule has 0 spiro atoms. The van der Waals surface area contributed by atoms with Crippen LogP contribution < -0.4 is 0 Å². The first-order valence-electron chi connectivity index (χ1n) is 9.40. The highest BCUT2D eigenvalue weighted by atomic mass is 16.6. The van der Waals surface area contributed by atoms with E-state index in [1.807, 2.05) is 31.2 Å². The Bertz CT molecular complexity index is 1070. The molecule has 2 heterocycles. The van der Waals surface area contributed by atoms with Crippen LogP contribution in [0.5, 0.6) is 0 Å². The molecule has 4 rings (SSSR count). The maximum atomic E-state index is 13.0. The average Bonchev–Trinajstić information content (AvgIpc) is 3.37. The van der Waals surface area contributed by atoms with Gasteiger partial charge in [-0.3, -0.25) is 14.9 Å². The lowest BCUT2D eigenvalue weighted by Gasteiger charge is -2.22. The second-order valence-corrected chi connectivity index (χ2v) is 7.24. The molecule has 1 aromatic heterocycles. The number of rotatable bonds is 4. The van der Waals surface area contributed by atoms with E-state index in [9.17, 15) is 14.9 Å². The Morgan fingerprint density at radius 3 is 2.69 bits per heavy atom. The molecule has 1 aliphatic rings. The largest absolute Gasteiger partial charge is 0.337 e. The summed E-state index contributed by atoms with van der Waals surface area (Å²) in [6.07, 6.45) is 1.50. The fourth-order valence-corrected chi connectivity index (χ4v) is 3.56. The number of aromatic nitrogens is 2. The minimum atomic E-state index is -0.473. The number of nitrogens with zero attached hydrogens (tertiary/aromatic N) is 4. The summed E-state index contributed by atoms with van der Waals surface area (Å²) in [5.74, 6) is 0.587. The first-order valence-corrected chi connectivity index (χ1v) is 9.40. The Balaban J connectivity index is 1.60. The number of nitro groups is 1. The monoisotopic (exact) mass is 392 g/mol. The number of carbonyl (C=O) groups excluding carboxylic acids is 1. The molecule has 1 aliphatic heterocycles.